The van der Waals surface area contributed by atoms with Crippen LogP contribution < -0.4 is 10.9 Å². The molecule has 0 saturated heterocycles. The van der Waals surface area contributed by atoms with Crippen molar-refractivity contribution >= 4 is 23.6 Å². The Kier molecular flexibility index (Phi) is 6.93. The normalized spacial score (nSPS) is 12.0. The maximum Gasteiger partial charge on any atom is 0.328 e. The summed E-state index contributed by atoms with van der Waals surface area (Å²) in [6.45, 7) is 3.91. The van der Waals surface area contributed by atoms with Crippen molar-refractivity contribution in [2.24, 2.45) is 5.92 Å². The molecule has 0 saturated carbocycles. The fourth-order valence-corrected chi connectivity index (χ4v) is 2.28. The number of nitrogens with one attached hydrogen (secondary N) is 2. The zero-order chi connectivity index (χ0) is 15.8. The second-order valence-electron chi connectivity index (χ2n) is 4.80. The average molecular weight is 313 g/mol. The number of aromatic amines is 1. The van der Waals surface area contributed by atoms with E-state index in [2.05, 4.69) is 20.0 Å². The lowest BCUT2D eigenvalue weighted by molar-refractivity contribution is -0.145. The van der Waals surface area contributed by atoms with E-state index in [4.69, 9.17) is 0 Å². The van der Waals surface area contributed by atoms with Gasteiger partial charge in [-0.1, -0.05) is 25.6 Å². The molecular weight excluding hydrogens is 294 g/mol. The number of methoxy groups -OCH3 is 1. The van der Waals surface area contributed by atoms with E-state index in [1.54, 1.807) is 0 Å². The number of H-pyrrole nitrogens is 1. The zero-order valence-electron chi connectivity index (χ0n) is 12.2. The predicted octanol–water partition coefficient (Wildman–Crippen LogP) is 0.566. The van der Waals surface area contributed by atoms with Crippen LogP contribution in [0.5, 0.6) is 0 Å². The molecular formula is C13H19N3O4S. The van der Waals surface area contributed by atoms with Crippen LogP contribution in [0, 0.1) is 5.92 Å². The maximum atomic E-state index is 11.9. The van der Waals surface area contributed by atoms with Crippen LogP contribution in [0.25, 0.3) is 0 Å². The minimum atomic E-state index is -0.661. The topological polar surface area (TPSA) is 101 Å². The smallest absolute Gasteiger partial charge is 0.328 e. The van der Waals surface area contributed by atoms with Gasteiger partial charge in [0.15, 0.2) is 5.16 Å². The molecule has 0 bridgehead atoms. The summed E-state index contributed by atoms with van der Waals surface area (Å²) in [5, 5.41) is 2.99. The summed E-state index contributed by atoms with van der Waals surface area (Å²) in [5.41, 5.74) is -0.278. The van der Waals surface area contributed by atoms with Gasteiger partial charge < -0.3 is 15.0 Å². The summed E-state index contributed by atoms with van der Waals surface area (Å²) < 4.78 is 4.67. The van der Waals surface area contributed by atoms with E-state index in [-0.39, 0.29) is 23.1 Å². The Bertz CT molecular complexity index is 544. The quantitative estimate of drug-likeness (QED) is 0.433. The minimum Gasteiger partial charge on any atom is -0.467 e. The Hall–Kier alpha value is -1.83. The average Bonchev–Trinajstić information content (AvgIpc) is 2.43. The molecule has 1 atom stereocenters. The number of amides is 1. The number of esters is 1. The molecule has 0 spiro atoms. The summed E-state index contributed by atoms with van der Waals surface area (Å²) >= 11 is 1.09. The van der Waals surface area contributed by atoms with Crippen molar-refractivity contribution in [1.82, 2.24) is 15.3 Å². The third-order valence-corrected chi connectivity index (χ3v) is 3.40. The van der Waals surface area contributed by atoms with Gasteiger partial charge in [-0.2, -0.15) is 0 Å². The number of hydrogen-bond donors (Lipinski definition) is 2. The fourth-order valence-electron chi connectivity index (χ4n) is 1.62. The summed E-state index contributed by atoms with van der Waals surface area (Å²) in [6.07, 6.45) is 1.87. The van der Waals surface area contributed by atoms with Crippen LogP contribution >= 0.6 is 11.8 Å². The third-order valence-electron chi connectivity index (χ3n) is 2.52. The van der Waals surface area contributed by atoms with Crippen LogP contribution in [0.1, 0.15) is 20.3 Å². The third kappa shape index (κ3) is 6.44. The molecule has 0 aromatic carbocycles. The Morgan fingerprint density at radius 3 is 2.76 bits per heavy atom. The van der Waals surface area contributed by atoms with E-state index in [1.165, 1.54) is 19.4 Å². The molecule has 1 amide bonds. The lowest BCUT2D eigenvalue weighted by Crippen LogP contribution is -2.43. The molecule has 0 aliphatic heterocycles. The number of nitrogens with zero attached hydrogens (tertiary/aromatic N) is 1. The van der Waals surface area contributed by atoms with Gasteiger partial charge in [0.1, 0.15) is 6.04 Å². The van der Waals surface area contributed by atoms with Gasteiger partial charge in [0.25, 0.3) is 5.56 Å². The van der Waals surface area contributed by atoms with E-state index < -0.39 is 12.0 Å². The molecule has 0 aliphatic rings. The first-order chi connectivity index (χ1) is 9.92. The van der Waals surface area contributed by atoms with Gasteiger partial charge in [0.2, 0.25) is 5.91 Å². The Balaban J connectivity index is 2.53. The first kappa shape index (κ1) is 17.2. The van der Waals surface area contributed by atoms with Gasteiger partial charge in [-0.15, -0.1) is 0 Å². The Labute approximate surface area is 126 Å². The maximum absolute atomic E-state index is 11.9. The van der Waals surface area contributed by atoms with Gasteiger partial charge in [0.05, 0.1) is 12.9 Å². The molecule has 1 rings (SSSR count). The first-order valence-electron chi connectivity index (χ1n) is 6.47. The standard InChI is InChI=1S/C13H19N3O4S/c1-8(2)6-9(12(19)20-3)15-11(18)7-21-13-14-5-4-10(17)16-13/h4-5,8-9H,6-7H2,1-3H3,(H,15,18)(H,14,16,17)/t9-/m1/s1. The molecule has 21 heavy (non-hydrogen) atoms. The lowest BCUT2D eigenvalue weighted by Gasteiger charge is -2.18. The monoisotopic (exact) mass is 313 g/mol. The summed E-state index contributed by atoms with van der Waals surface area (Å²) in [7, 11) is 1.29. The largest absolute Gasteiger partial charge is 0.467 e. The Morgan fingerprint density at radius 1 is 1.48 bits per heavy atom. The number of rotatable bonds is 7. The molecule has 0 unspecified atom stereocenters. The van der Waals surface area contributed by atoms with E-state index in [0.717, 1.165) is 11.8 Å². The molecule has 7 nitrogen and oxygen atoms in total. The fraction of sp³-hybridized carbons (Fsp3) is 0.538. The summed E-state index contributed by atoms with van der Waals surface area (Å²) in [4.78, 5) is 41.0. The van der Waals surface area contributed by atoms with Crippen LogP contribution in [0.3, 0.4) is 0 Å². The number of thioether (sulfide) groups is 1. The van der Waals surface area contributed by atoms with Crippen LogP contribution in [0.15, 0.2) is 22.2 Å². The molecule has 0 radical (unpaired) electrons. The second kappa shape index (κ2) is 8.46. The molecule has 0 aliphatic carbocycles. The van der Waals surface area contributed by atoms with Crippen molar-refractivity contribution in [3.63, 3.8) is 0 Å². The molecule has 8 heteroatoms. The number of ether oxygens (including phenoxy) is 1. The van der Waals surface area contributed by atoms with Gasteiger partial charge in [-0.25, -0.2) is 9.78 Å². The number of carbonyl (C=O) groups excluding carboxylic acids is 2. The highest BCUT2D eigenvalue weighted by molar-refractivity contribution is 7.99. The highest BCUT2D eigenvalue weighted by Crippen LogP contribution is 2.10. The van der Waals surface area contributed by atoms with Gasteiger partial charge in [0, 0.05) is 12.3 Å². The van der Waals surface area contributed by atoms with Crippen molar-refractivity contribution < 1.29 is 14.3 Å². The van der Waals surface area contributed by atoms with Crippen molar-refractivity contribution in [2.45, 2.75) is 31.5 Å². The van der Waals surface area contributed by atoms with Crippen molar-refractivity contribution in [1.29, 1.82) is 0 Å². The first-order valence-corrected chi connectivity index (χ1v) is 7.46. The lowest BCUT2D eigenvalue weighted by atomic mass is 10.0. The summed E-state index contributed by atoms with van der Waals surface area (Å²) in [6, 6.07) is 0.630. The SMILES string of the molecule is COC(=O)[C@@H](CC(C)C)NC(=O)CSc1nccc(=O)[nH]1. The van der Waals surface area contributed by atoms with Gasteiger partial charge >= 0.3 is 5.97 Å². The van der Waals surface area contributed by atoms with E-state index >= 15 is 0 Å². The molecule has 1 heterocycles. The van der Waals surface area contributed by atoms with Crippen LogP contribution in [-0.2, 0) is 14.3 Å². The van der Waals surface area contributed by atoms with Crippen molar-refractivity contribution in [2.75, 3.05) is 12.9 Å². The predicted molar refractivity (Wildman–Crippen MR) is 79.0 cm³/mol. The Morgan fingerprint density at radius 2 is 2.19 bits per heavy atom. The molecule has 116 valence electrons. The highest BCUT2D eigenvalue weighted by Gasteiger charge is 2.22. The molecule has 1 aromatic heterocycles. The van der Waals surface area contributed by atoms with E-state index in [0.29, 0.717) is 11.6 Å². The minimum absolute atomic E-state index is 0.0541. The zero-order valence-corrected chi connectivity index (χ0v) is 13.0. The van der Waals surface area contributed by atoms with Crippen LogP contribution in [-0.4, -0.2) is 40.7 Å². The van der Waals surface area contributed by atoms with Crippen LogP contribution in [0.4, 0.5) is 0 Å². The number of carbonyl (C=O) groups is 2. The molecule has 2 N–H and O–H groups in total. The van der Waals surface area contributed by atoms with E-state index in [1.807, 2.05) is 13.8 Å². The van der Waals surface area contributed by atoms with Crippen LogP contribution in [0.2, 0.25) is 0 Å². The van der Waals surface area contributed by atoms with Crippen molar-refractivity contribution in [3.05, 3.63) is 22.6 Å². The highest BCUT2D eigenvalue weighted by atomic mass is 32.2. The van der Waals surface area contributed by atoms with E-state index in [9.17, 15) is 14.4 Å². The van der Waals surface area contributed by atoms with Gasteiger partial charge in [-0.3, -0.25) is 9.59 Å². The number of aromatic nitrogens is 2. The van der Waals surface area contributed by atoms with Crippen molar-refractivity contribution in [3.8, 4) is 0 Å². The van der Waals surface area contributed by atoms with Gasteiger partial charge in [-0.05, 0) is 12.3 Å². The summed E-state index contributed by atoms with van der Waals surface area (Å²) in [5.74, 6) is -0.483. The molecule has 0 fully saturated rings. The second-order valence-corrected chi connectivity index (χ2v) is 5.76. The molecule has 1 aromatic rings. The number of hydrogen-bond acceptors (Lipinski definition) is 6.